The summed E-state index contributed by atoms with van der Waals surface area (Å²) in [7, 11) is 1.51. The molecule has 0 unspecified atom stereocenters. The Bertz CT molecular complexity index is 614. The molecule has 104 valence electrons. The highest BCUT2D eigenvalue weighted by Crippen LogP contribution is 2.26. The lowest BCUT2D eigenvalue weighted by atomic mass is 10.2. The Labute approximate surface area is 121 Å². The summed E-state index contributed by atoms with van der Waals surface area (Å²) in [5.41, 5.74) is 7.39. The number of hydrogen-bond acceptors (Lipinski definition) is 3. The van der Waals surface area contributed by atoms with E-state index < -0.39 is 0 Å². The second-order valence-electron chi connectivity index (χ2n) is 4.05. The first-order valence-electron chi connectivity index (χ1n) is 5.85. The summed E-state index contributed by atoms with van der Waals surface area (Å²) in [4.78, 5) is 11.9. The SMILES string of the molecule is COc1cc(N)ccc1NC(=O)Nc1ccc(Cl)cc1. The van der Waals surface area contributed by atoms with E-state index >= 15 is 0 Å². The van der Waals surface area contributed by atoms with Gasteiger partial charge in [0.25, 0.3) is 0 Å². The van der Waals surface area contributed by atoms with Crippen molar-refractivity contribution in [1.29, 1.82) is 0 Å². The second kappa shape index (κ2) is 6.16. The van der Waals surface area contributed by atoms with E-state index in [4.69, 9.17) is 22.1 Å². The van der Waals surface area contributed by atoms with Crippen LogP contribution in [0.4, 0.5) is 21.9 Å². The lowest BCUT2D eigenvalue weighted by molar-refractivity contribution is 0.262. The third kappa shape index (κ3) is 3.55. The first kappa shape index (κ1) is 14.0. The highest BCUT2D eigenvalue weighted by Gasteiger charge is 2.08. The van der Waals surface area contributed by atoms with Crippen molar-refractivity contribution in [2.24, 2.45) is 0 Å². The Morgan fingerprint density at radius 2 is 1.85 bits per heavy atom. The van der Waals surface area contributed by atoms with E-state index in [1.165, 1.54) is 7.11 Å². The molecule has 0 radical (unpaired) electrons. The van der Waals surface area contributed by atoms with Crippen LogP contribution in [-0.2, 0) is 0 Å². The fourth-order valence-corrected chi connectivity index (χ4v) is 1.75. The number of nitrogens with two attached hydrogens (primary N) is 1. The second-order valence-corrected chi connectivity index (χ2v) is 4.48. The molecule has 0 heterocycles. The van der Waals surface area contributed by atoms with Crippen molar-refractivity contribution in [2.45, 2.75) is 0 Å². The zero-order chi connectivity index (χ0) is 14.5. The van der Waals surface area contributed by atoms with Gasteiger partial charge >= 0.3 is 6.03 Å². The number of carbonyl (C=O) groups excluding carboxylic acids is 1. The average molecular weight is 292 g/mol. The van der Waals surface area contributed by atoms with Gasteiger partial charge in [0.05, 0.1) is 12.8 Å². The molecule has 20 heavy (non-hydrogen) atoms. The smallest absolute Gasteiger partial charge is 0.323 e. The van der Waals surface area contributed by atoms with Crippen LogP contribution in [0.1, 0.15) is 0 Å². The van der Waals surface area contributed by atoms with E-state index in [0.717, 1.165) is 0 Å². The van der Waals surface area contributed by atoms with Crippen LogP contribution in [0, 0.1) is 0 Å². The number of hydrogen-bond donors (Lipinski definition) is 3. The fraction of sp³-hybridized carbons (Fsp3) is 0.0714. The molecule has 0 spiro atoms. The largest absolute Gasteiger partial charge is 0.494 e. The first-order valence-corrected chi connectivity index (χ1v) is 6.23. The monoisotopic (exact) mass is 291 g/mol. The normalized spacial score (nSPS) is 9.90. The first-order chi connectivity index (χ1) is 9.58. The molecular formula is C14H14ClN3O2. The van der Waals surface area contributed by atoms with E-state index in [9.17, 15) is 4.79 Å². The van der Waals surface area contributed by atoms with E-state index in [2.05, 4.69) is 10.6 Å². The molecule has 0 aliphatic carbocycles. The molecule has 0 saturated heterocycles. The molecule has 0 saturated carbocycles. The number of ether oxygens (including phenoxy) is 1. The summed E-state index contributed by atoms with van der Waals surface area (Å²) >= 11 is 5.78. The summed E-state index contributed by atoms with van der Waals surface area (Å²) in [6, 6.07) is 11.4. The van der Waals surface area contributed by atoms with Crippen molar-refractivity contribution in [3.8, 4) is 5.75 Å². The molecule has 0 aromatic heterocycles. The van der Waals surface area contributed by atoms with E-state index in [0.29, 0.717) is 27.8 Å². The lowest BCUT2D eigenvalue weighted by Gasteiger charge is -2.11. The van der Waals surface area contributed by atoms with Crippen LogP contribution in [0.2, 0.25) is 5.02 Å². The predicted octanol–water partition coefficient (Wildman–Crippen LogP) is 3.57. The molecule has 0 aliphatic heterocycles. The van der Waals surface area contributed by atoms with Crippen molar-refractivity contribution in [3.63, 3.8) is 0 Å². The molecule has 4 N–H and O–H groups in total. The molecule has 5 nitrogen and oxygen atoms in total. The number of anilines is 3. The van der Waals surface area contributed by atoms with E-state index in [1.54, 1.807) is 42.5 Å². The minimum Gasteiger partial charge on any atom is -0.494 e. The van der Waals surface area contributed by atoms with Crippen molar-refractivity contribution < 1.29 is 9.53 Å². The van der Waals surface area contributed by atoms with E-state index in [1.807, 2.05) is 0 Å². The van der Waals surface area contributed by atoms with Crippen LogP contribution in [0.3, 0.4) is 0 Å². The topological polar surface area (TPSA) is 76.4 Å². The number of urea groups is 1. The zero-order valence-corrected chi connectivity index (χ0v) is 11.6. The number of amides is 2. The van der Waals surface area contributed by atoms with Crippen LogP contribution >= 0.6 is 11.6 Å². The van der Waals surface area contributed by atoms with Crippen LogP contribution in [0.25, 0.3) is 0 Å². The Morgan fingerprint density at radius 1 is 1.15 bits per heavy atom. The summed E-state index contributed by atoms with van der Waals surface area (Å²) < 4.78 is 5.15. The summed E-state index contributed by atoms with van der Waals surface area (Å²) in [6.45, 7) is 0. The Hall–Kier alpha value is -2.40. The number of nitrogens with one attached hydrogen (secondary N) is 2. The number of benzene rings is 2. The lowest BCUT2D eigenvalue weighted by Crippen LogP contribution is -2.19. The number of halogens is 1. The highest BCUT2D eigenvalue weighted by atomic mass is 35.5. The van der Waals surface area contributed by atoms with Crippen LogP contribution in [0.5, 0.6) is 5.75 Å². The maximum Gasteiger partial charge on any atom is 0.323 e. The molecule has 2 amide bonds. The molecule has 6 heteroatoms. The molecule has 0 fully saturated rings. The van der Waals surface area contributed by atoms with Crippen molar-refractivity contribution in [1.82, 2.24) is 0 Å². The van der Waals surface area contributed by atoms with Gasteiger partial charge in [-0.3, -0.25) is 0 Å². The van der Waals surface area contributed by atoms with Gasteiger partial charge in [-0.05, 0) is 36.4 Å². The van der Waals surface area contributed by atoms with Crippen molar-refractivity contribution >= 4 is 34.7 Å². The highest BCUT2D eigenvalue weighted by molar-refractivity contribution is 6.30. The number of rotatable bonds is 3. The molecular weight excluding hydrogens is 278 g/mol. The van der Waals surface area contributed by atoms with Crippen LogP contribution < -0.4 is 21.1 Å². The van der Waals surface area contributed by atoms with Gasteiger partial charge in [-0.25, -0.2) is 4.79 Å². The van der Waals surface area contributed by atoms with Gasteiger partial charge in [-0.2, -0.15) is 0 Å². The molecule has 0 bridgehead atoms. The molecule has 2 aromatic rings. The minimum atomic E-state index is -0.379. The van der Waals surface area contributed by atoms with Crippen molar-refractivity contribution in [3.05, 3.63) is 47.5 Å². The standard InChI is InChI=1S/C14H14ClN3O2/c1-20-13-8-10(16)4-7-12(13)18-14(19)17-11-5-2-9(15)3-6-11/h2-8H,16H2,1H3,(H2,17,18,19). The van der Waals surface area contributed by atoms with Gasteiger partial charge in [0.2, 0.25) is 0 Å². The molecule has 0 atom stereocenters. The van der Waals surface area contributed by atoms with Gasteiger partial charge in [0.1, 0.15) is 5.75 Å². The van der Waals surface area contributed by atoms with E-state index in [-0.39, 0.29) is 6.03 Å². The quantitative estimate of drug-likeness (QED) is 0.757. The molecule has 2 aromatic carbocycles. The van der Waals surface area contributed by atoms with Gasteiger partial charge in [0, 0.05) is 22.5 Å². The van der Waals surface area contributed by atoms with Gasteiger partial charge in [-0.15, -0.1) is 0 Å². The third-order valence-electron chi connectivity index (χ3n) is 2.58. The van der Waals surface area contributed by atoms with Gasteiger partial charge < -0.3 is 21.1 Å². The minimum absolute atomic E-state index is 0.379. The van der Waals surface area contributed by atoms with Gasteiger partial charge in [0.15, 0.2) is 0 Å². The summed E-state index contributed by atoms with van der Waals surface area (Å²) in [5.74, 6) is 0.497. The maximum atomic E-state index is 11.9. The predicted molar refractivity (Wildman–Crippen MR) is 81.5 cm³/mol. The number of carbonyl (C=O) groups is 1. The summed E-state index contributed by atoms with van der Waals surface area (Å²) in [5, 5.41) is 5.98. The van der Waals surface area contributed by atoms with Crippen molar-refractivity contribution in [2.75, 3.05) is 23.5 Å². The number of nitrogen functional groups attached to an aromatic ring is 1. The van der Waals surface area contributed by atoms with Crippen LogP contribution in [0.15, 0.2) is 42.5 Å². The Balaban J connectivity index is 2.06. The molecule has 2 rings (SSSR count). The molecule has 0 aliphatic rings. The number of methoxy groups -OCH3 is 1. The summed E-state index contributed by atoms with van der Waals surface area (Å²) in [6.07, 6.45) is 0. The van der Waals surface area contributed by atoms with Crippen LogP contribution in [-0.4, -0.2) is 13.1 Å². The Kier molecular flexibility index (Phi) is 4.32. The fourth-order valence-electron chi connectivity index (χ4n) is 1.63. The average Bonchev–Trinajstić information content (AvgIpc) is 2.43. The van der Waals surface area contributed by atoms with Gasteiger partial charge in [-0.1, -0.05) is 11.6 Å². The zero-order valence-electron chi connectivity index (χ0n) is 10.8. The third-order valence-corrected chi connectivity index (χ3v) is 2.83. The Morgan fingerprint density at radius 3 is 2.50 bits per heavy atom. The maximum absolute atomic E-state index is 11.9.